The van der Waals surface area contributed by atoms with E-state index in [0.29, 0.717) is 18.4 Å². The molecule has 1 unspecified atom stereocenters. The number of alkyl halides is 3. The summed E-state index contributed by atoms with van der Waals surface area (Å²) in [5.74, 6) is 0.00660. The summed E-state index contributed by atoms with van der Waals surface area (Å²) in [7, 11) is 2.05. The number of aromatic nitrogens is 5. The molecule has 0 aromatic carbocycles. The van der Waals surface area contributed by atoms with Gasteiger partial charge in [-0.15, -0.1) is 21.5 Å². The van der Waals surface area contributed by atoms with Gasteiger partial charge in [0.25, 0.3) is 0 Å². The maximum atomic E-state index is 13.2. The van der Waals surface area contributed by atoms with Gasteiger partial charge in [-0.2, -0.15) is 23.1 Å². The number of hydrogen-bond acceptors (Lipinski definition) is 8. The Kier molecular flexibility index (Phi) is 5.44. The molecule has 3 aromatic heterocycles. The Morgan fingerprint density at radius 2 is 2.03 bits per heavy atom. The molecule has 2 aliphatic rings. The lowest BCUT2D eigenvalue weighted by Gasteiger charge is -2.29. The number of anilines is 1. The van der Waals surface area contributed by atoms with Crippen molar-refractivity contribution in [2.75, 3.05) is 31.6 Å². The Balaban J connectivity index is 1.49. The van der Waals surface area contributed by atoms with Gasteiger partial charge >= 0.3 is 12.2 Å². The van der Waals surface area contributed by atoms with Crippen molar-refractivity contribution in [2.24, 2.45) is 0 Å². The second kappa shape index (κ2) is 8.14. The van der Waals surface area contributed by atoms with Crippen molar-refractivity contribution in [3.05, 3.63) is 22.6 Å². The minimum Gasteiger partial charge on any atom is -0.459 e. The maximum absolute atomic E-state index is 13.2. The highest BCUT2D eigenvalue weighted by Gasteiger charge is 2.39. The molecule has 8 nitrogen and oxygen atoms in total. The van der Waals surface area contributed by atoms with E-state index in [2.05, 4.69) is 33.1 Å². The van der Waals surface area contributed by atoms with Crippen LogP contribution in [0.4, 0.5) is 19.0 Å². The highest BCUT2D eigenvalue weighted by atomic mass is 32.1. The molecule has 0 aliphatic carbocycles. The number of likely N-dealkylation sites (N-methyl/N-ethyl adjacent to an activating group) is 1. The second-order valence-corrected chi connectivity index (χ2v) is 9.43. The fourth-order valence-electron chi connectivity index (χ4n) is 4.29. The summed E-state index contributed by atoms with van der Waals surface area (Å²) in [6.45, 7) is 4.60. The molecule has 3 aromatic rings. The molecule has 0 radical (unpaired) electrons. The Morgan fingerprint density at radius 3 is 2.75 bits per heavy atom. The van der Waals surface area contributed by atoms with E-state index in [9.17, 15) is 13.2 Å². The molecule has 12 heteroatoms. The molecule has 0 N–H and O–H groups in total. The Morgan fingerprint density at radius 1 is 1.19 bits per heavy atom. The van der Waals surface area contributed by atoms with Crippen molar-refractivity contribution >= 4 is 27.4 Å². The number of ether oxygens (including phenoxy) is 1. The van der Waals surface area contributed by atoms with Crippen LogP contribution in [0.2, 0.25) is 0 Å². The normalized spacial score (nSPS) is 19.7. The quantitative estimate of drug-likeness (QED) is 0.570. The fourth-order valence-corrected chi connectivity index (χ4v) is 5.40. The summed E-state index contributed by atoms with van der Waals surface area (Å²) in [6, 6.07) is 2.41. The standard InChI is InChI=1S/C20H24F3N7OS/c1-3-4-13-9-14-16(24-19(25-17(14)32-13)31-12-5-6-28(2)10-12)29-7-8-30-15(11-29)26-27-18(30)20(21,22)23/h9,12H,3-8,10-11H2,1-2H3. The number of nitrogens with zero attached hydrogens (tertiary/aromatic N) is 7. The SMILES string of the molecule is CCCc1cc2c(N3CCn4c(nnc4C(F)(F)F)C3)nc(OC3CCN(C)C3)nc2s1. The summed E-state index contributed by atoms with van der Waals surface area (Å²) in [6.07, 6.45) is -1.63. The van der Waals surface area contributed by atoms with E-state index in [0.717, 1.165) is 47.1 Å². The van der Waals surface area contributed by atoms with Gasteiger partial charge in [0, 0.05) is 31.1 Å². The first-order chi connectivity index (χ1) is 15.3. The zero-order chi connectivity index (χ0) is 22.5. The highest BCUT2D eigenvalue weighted by Crippen LogP contribution is 2.36. The fraction of sp³-hybridized carbons (Fsp3) is 0.600. The second-order valence-electron chi connectivity index (χ2n) is 8.31. The van der Waals surface area contributed by atoms with E-state index in [-0.39, 0.29) is 25.0 Å². The summed E-state index contributed by atoms with van der Waals surface area (Å²) >= 11 is 1.62. The minimum absolute atomic E-state index is 0.0270. The van der Waals surface area contributed by atoms with Crippen LogP contribution < -0.4 is 9.64 Å². The molecule has 32 heavy (non-hydrogen) atoms. The van der Waals surface area contributed by atoms with Crippen molar-refractivity contribution in [3.8, 4) is 6.01 Å². The first kappa shape index (κ1) is 21.4. The third-order valence-electron chi connectivity index (χ3n) is 5.83. The number of fused-ring (bicyclic) bond motifs is 2. The van der Waals surface area contributed by atoms with Gasteiger partial charge in [-0.25, -0.2) is 0 Å². The predicted molar refractivity (Wildman–Crippen MR) is 114 cm³/mol. The smallest absolute Gasteiger partial charge is 0.451 e. The number of thiophene rings is 1. The molecule has 0 bridgehead atoms. The van der Waals surface area contributed by atoms with Gasteiger partial charge in [0.2, 0.25) is 5.82 Å². The molecule has 172 valence electrons. The van der Waals surface area contributed by atoms with E-state index in [4.69, 9.17) is 9.72 Å². The molecule has 5 rings (SSSR count). The van der Waals surface area contributed by atoms with E-state index < -0.39 is 12.0 Å². The van der Waals surface area contributed by atoms with Crippen molar-refractivity contribution in [2.45, 2.75) is 51.6 Å². The average molecular weight is 468 g/mol. The number of halogens is 3. The van der Waals surface area contributed by atoms with Crippen molar-refractivity contribution < 1.29 is 17.9 Å². The van der Waals surface area contributed by atoms with Crippen LogP contribution in [0.5, 0.6) is 6.01 Å². The van der Waals surface area contributed by atoms with E-state index in [1.54, 1.807) is 11.3 Å². The molecule has 1 fully saturated rings. The number of rotatable bonds is 5. The zero-order valence-corrected chi connectivity index (χ0v) is 18.7. The third-order valence-corrected chi connectivity index (χ3v) is 6.91. The van der Waals surface area contributed by atoms with E-state index >= 15 is 0 Å². The summed E-state index contributed by atoms with van der Waals surface area (Å²) < 4.78 is 46.9. The molecule has 1 atom stereocenters. The molecular formula is C20H24F3N7OS. The summed E-state index contributed by atoms with van der Waals surface area (Å²) in [5.41, 5.74) is 0. The van der Waals surface area contributed by atoms with E-state index in [1.807, 2.05) is 11.9 Å². The highest BCUT2D eigenvalue weighted by molar-refractivity contribution is 7.18. The largest absolute Gasteiger partial charge is 0.459 e. The predicted octanol–water partition coefficient (Wildman–Crippen LogP) is 3.36. The Bertz CT molecular complexity index is 1130. The van der Waals surface area contributed by atoms with Gasteiger partial charge < -0.3 is 19.1 Å². The van der Waals surface area contributed by atoms with E-state index in [1.165, 1.54) is 4.88 Å². The van der Waals surface area contributed by atoms with Gasteiger partial charge in [0.15, 0.2) is 5.82 Å². The maximum Gasteiger partial charge on any atom is 0.451 e. The number of hydrogen-bond donors (Lipinski definition) is 0. The summed E-state index contributed by atoms with van der Waals surface area (Å²) in [5, 5.41) is 8.08. The van der Waals surface area contributed by atoms with Crippen LogP contribution in [0.1, 0.15) is 36.3 Å². The lowest BCUT2D eigenvalue weighted by Crippen LogP contribution is -2.36. The number of aryl methyl sites for hydroxylation is 1. The molecular weight excluding hydrogens is 443 g/mol. The van der Waals surface area contributed by atoms with Crippen LogP contribution >= 0.6 is 11.3 Å². The first-order valence-corrected chi connectivity index (χ1v) is 11.5. The van der Waals surface area contributed by atoms with Gasteiger partial charge in [-0.1, -0.05) is 13.3 Å². The van der Waals surface area contributed by atoms with Gasteiger partial charge in [0.05, 0.1) is 11.9 Å². The molecule has 1 saturated heterocycles. The van der Waals surface area contributed by atoms with Gasteiger partial charge in [0.1, 0.15) is 16.8 Å². The first-order valence-electron chi connectivity index (χ1n) is 10.7. The molecule has 0 spiro atoms. The topological polar surface area (TPSA) is 72.2 Å². The van der Waals surface area contributed by atoms with Crippen LogP contribution in [0.15, 0.2) is 6.07 Å². The van der Waals surface area contributed by atoms with Crippen LogP contribution in [0.3, 0.4) is 0 Å². The monoisotopic (exact) mass is 467 g/mol. The minimum atomic E-state index is -4.52. The number of likely N-dealkylation sites (tertiary alicyclic amines) is 1. The summed E-state index contributed by atoms with van der Waals surface area (Å²) in [4.78, 5) is 15.6. The lowest BCUT2D eigenvalue weighted by atomic mass is 10.2. The van der Waals surface area contributed by atoms with Gasteiger partial charge in [-0.05, 0) is 26.0 Å². The molecule has 2 aliphatic heterocycles. The Labute approximate surface area is 187 Å². The molecule has 0 saturated carbocycles. The van der Waals surface area contributed by atoms with Crippen molar-refractivity contribution in [3.63, 3.8) is 0 Å². The third kappa shape index (κ3) is 4.01. The van der Waals surface area contributed by atoms with Crippen LogP contribution in [0.25, 0.3) is 10.2 Å². The Hall–Kier alpha value is -2.47. The van der Waals surface area contributed by atoms with Crippen molar-refractivity contribution in [1.82, 2.24) is 29.6 Å². The van der Waals surface area contributed by atoms with Crippen LogP contribution in [-0.2, 0) is 25.7 Å². The average Bonchev–Trinajstić information content (AvgIpc) is 3.44. The molecule has 0 amide bonds. The molecule has 5 heterocycles. The zero-order valence-electron chi connectivity index (χ0n) is 17.9. The van der Waals surface area contributed by atoms with Gasteiger partial charge in [-0.3, -0.25) is 0 Å². The van der Waals surface area contributed by atoms with Crippen LogP contribution in [-0.4, -0.2) is 62.4 Å². The van der Waals surface area contributed by atoms with Crippen LogP contribution in [0, 0.1) is 0 Å². The van der Waals surface area contributed by atoms with Crippen molar-refractivity contribution in [1.29, 1.82) is 0 Å². The lowest BCUT2D eigenvalue weighted by molar-refractivity contribution is -0.147.